The van der Waals surface area contributed by atoms with Gasteiger partial charge < -0.3 is 9.90 Å². The second kappa shape index (κ2) is 5.88. The van der Waals surface area contributed by atoms with Gasteiger partial charge >= 0.3 is 0 Å². The molecule has 0 aromatic heterocycles. The number of hydrogen-bond donors (Lipinski definition) is 0. The largest absolute Gasteiger partial charge is 0.549 e. The van der Waals surface area contributed by atoms with Crippen molar-refractivity contribution >= 4 is 15.8 Å². The molecule has 2 aromatic rings. The van der Waals surface area contributed by atoms with Crippen molar-refractivity contribution in [1.29, 1.82) is 0 Å². The number of rotatable bonds is 5. The fourth-order valence-corrected chi connectivity index (χ4v) is 2.91. The number of hydrogen-bond acceptors (Lipinski definition) is 4. The first-order valence-electron chi connectivity index (χ1n) is 6.03. The fraction of sp³-hybridized carbons (Fsp3) is 0.133. The monoisotopic (exact) mass is 289 g/mol. The Labute approximate surface area is 117 Å². The van der Waals surface area contributed by atoms with Crippen LogP contribution in [0.1, 0.15) is 11.1 Å². The molecule has 0 aliphatic rings. The maximum atomic E-state index is 11.7. The molecule has 0 saturated carbocycles. The molecule has 104 valence electrons. The highest BCUT2D eigenvalue weighted by atomic mass is 32.2. The lowest BCUT2D eigenvalue weighted by Gasteiger charge is -2.07. The predicted molar refractivity (Wildman–Crippen MR) is 72.7 cm³/mol. The highest BCUT2D eigenvalue weighted by molar-refractivity contribution is 7.92. The Bertz CT molecular complexity index is 688. The van der Waals surface area contributed by atoms with E-state index in [1.54, 1.807) is 12.1 Å². The van der Waals surface area contributed by atoms with Crippen molar-refractivity contribution in [1.82, 2.24) is 0 Å². The van der Waals surface area contributed by atoms with E-state index < -0.39 is 21.6 Å². The summed E-state index contributed by atoms with van der Waals surface area (Å²) in [6.07, 6.45) is 0.696. The number of sulfone groups is 1. The molecule has 0 aliphatic carbocycles. The zero-order valence-electron chi connectivity index (χ0n) is 10.7. The Morgan fingerprint density at radius 2 is 1.45 bits per heavy atom. The van der Waals surface area contributed by atoms with Crippen LogP contribution < -0.4 is 5.11 Å². The topological polar surface area (TPSA) is 74.3 Å². The number of benzene rings is 2. The lowest BCUT2D eigenvalue weighted by molar-refractivity contribution is -0.301. The van der Waals surface area contributed by atoms with Crippen molar-refractivity contribution < 1.29 is 18.3 Å². The number of carbonyl (C=O) groups excluding carboxylic acids is 1. The summed E-state index contributed by atoms with van der Waals surface area (Å²) in [7, 11) is -3.81. The maximum absolute atomic E-state index is 11.7. The molecule has 4 nitrogen and oxygen atoms in total. The molecular weight excluding hydrogens is 276 g/mol. The van der Waals surface area contributed by atoms with Gasteiger partial charge in [-0.2, -0.15) is 0 Å². The van der Waals surface area contributed by atoms with Crippen molar-refractivity contribution in [3.05, 3.63) is 65.7 Å². The van der Waals surface area contributed by atoms with Crippen LogP contribution in [0.2, 0.25) is 0 Å². The van der Waals surface area contributed by atoms with Crippen molar-refractivity contribution in [2.24, 2.45) is 0 Å². The number of aliphatic carboxylic acids is 1. The van der Waals surface area contributed by atoms with Gasteiger partial charge in [0.2, 0.25) is 0 Å². The minimum atomic E-state index is -3.81. The van der Waals surface area contributed by atoms with Gasteiger partial charge in [-0.1, -0.05) is 42.5 Å². The molecule has 0 amide bonds. The molecule has 0 fully saturated rings. The minimum absolute atomic E-state index is 0.00138. The summed E-state index contributed by atoms with van der Waals surface area (Å²) in [4.78, 5) is 10.4. The molecule has 0 bridgehead atoms. The first-order chi connectivity index (χ1) is 9.47. The highest BCUT2D eigenvalue weighted by Crippen LogP contribution is 2.15. The first kappa shape index (κ1) is 14.3. The van der Waals surface area contributed by atoms with Crippen molar-refractivity contribution in [3.8, 4) is 0 Å². The van der Waals surface area contributed by atoms with Crippen LogP contribution >= 0.6 is 0 Å². The van der Waals surface area contributed by atoms with Crippen LogP contribution in [0.5, 0.6) is 0 Å². The smallest absolute Gasteiger partial charge is 0.183 e. The van der Waals surface area contributed by atoms with E-state index in [9.17, 15) is 18.3 Å². The van der Waals surface area contributed by atoms with E-state index in [0.717, 1.165) is 11.1 Å². The SMILES string of the molecule is O=C([O-])CS(=O)(=O)c1ccc(Cc2ccccc2)cc1. The van der Waals surface area contributed by atoms with Gasteiger partial charge in [0.1, 0.15) is 0 Å². The number of carboxylic acids is 1. The summed E-state index contributed by atoms with van der Waals surface area (Å²) in [6, 6.07) is 16.0. The molecule has 0 saturated heterocycles. The zero-order chi connectivity index (χ0) is 14.6. The van der Waals surface area contributed by atoms with Gasteiger partial charge in [-0.05, 0) is 29.7 Å². The predicted octanol–water partition coefficient (Wildman–Crippen LogP) is 0.801. The summed E-state index contributed by atoms with van der Waals surface area (Å²) in [5, 5.41) is 10.4. The van der Waals surface area contributed by atoms with Crippen molar-refractivity contribution in [2.75, 3.05) is 5.75 Å². The summed E-state index contributed by atoms with van der Waals surface area (Å²) in [5.41, 5.74) is 2.08. The van der Waals surface area contributed by atoms with Crippen molar-refractivity contribution in [3.63, 3.8) is 0 Å². The lowest BCUT2D eigenvalue weighted by atomic mass is 10.1. The zero-order valence-corrected chi connectivity index (χ0v) is 11.5. The summed E-state index contributed by atoms with van der Waals surface area (Å²) < 4.78 is 23.4. The van der Waals surface area contributed by atoms with E-state index in [1.807, 2.05) is 30.3 Å². The molecule has 0 heterocycles. The maximum Gasteiger partial charge on any atom is 0.183 e. The van der Waals surface area contributed by atoms with E-state index in [2.05, 4.69) is 0 Å². The molecule has 2 rings (SSSR count). The van der Waals surface area contributed by atoms with Crippen LogP contribution in [0.25, 0.3) is 0 Å². The normalized spacial score (nSPS) is 11.2. The lowest BCUT2D eigenvalue weighted by Crippen LogP contribution is -2.30. The van der Waals surface area contributed by atoms with E-state index in [0.29, 0.717) is 6.42 Å². The van der Waals surface area contributed by atoms with Crippen LogP contribution in [0, 0.1) is 0 Å². The van der Waals surface area contributed by atoms with Crippen LogP contribution in [-0.2, 0) is 21.1 Å². The quantitative estimate of drug-likeness (QED) is 0.816. The van der Waals surface area contributed by atoms with Crippen LogP contribution in [0.4, 0.5) is 0 Å². The molecule has 20 heavy (non-hydrogen) atoms. The van der Waals surface area contributed by atoms with E-state index >= 15 is 0 Å². The summed E-state index contributed by atoms with van der Waals surface area (Å²) in [6.45, 7) is 0. The third-order valence-corrected chi connectivity index (χ3v) is 4.45. The van der Waals surface area contributed by atoms with Gasteiger partial charge in [0.25, 0.3) is 0 Å². The highest BCUT2D eigenvalue weighted by Gasteiger charge is 2.14. The molecule has 2 aromatic carbocycles. The Kier molecular flexibility index (Phi) is 4.20. The van der Waals surface area contributed by atoms with Crippen LogP contribution in [0.3, 0.4) is 0 Å². The standard InChI is InChI=1S/C15H14O4S/c16-15(17)11-20(18,19)14-8-6-13(7-9-14)10-12-4-2-1-3-5-12/h1-9H,10-11H2,(H,16,17)/p-1. The van der Waals surface area contributed by atoms with Gasteiger partial charge in [-0.3, -0.25) is 0 Å². The molecule has 0 atom stereocenters. The Morgan fingerprint density at radius 1 is 0.900 bits per heavy atom. The number of carboxylic acid groups (broad SMARTS) is 1. The van der Waals surface area contributed by atoms with Crippen molar-refractivity contribution in [2.45, 2.75) is 11.3 Å². The first-order valence-corrected chi connectivity index (χ1v) is 7.68. The summed E-state index contributed by atoms with van der Waals surface area (Å²) in [5.74, 6) is -2.59. The molecule has 5 heteroatoms. The van der Waals surface area contributed by atoms with Gasteiger partial charge in [0, 0.05) is 0 Å². The Morgan fingerprint density at radius 3 is 2.00 bits per heavy atom. The second-order valence-electron chi connectivity index (χ2n) is 4.44. The van der Waals surface area contributed by atoms with E-state index in [1.165, 1.54) is 12.1 Å². The average molecular weight is 289 g/mol. The van der Waals surface area contributed by atoms with Gasteiger partial charge in [-0.25, -0.2) is 8.42 Å². The van der Waals surface area contributed by atoms with Crippen LogP contribution in [0.15, 0.2) is 59.5 Å². The fourth-order valence-electron chi connectivity index (χ4n) is 1.88. The second-order valence-corrected chi connectivity index (χ2v) is 6.43. The van der Waals surface area contributed by atoms with Gasteiger partial charge in [-0.15, -0.1) is 0 Å². The summed E-state index contributed by atoms with van der Waals surface area (Å²) >= 11 is 0. The molecular formula is C15H13O4S-. The van der Waals surface area contributed by atoms with Crippen LogP contribution in [-0.4, -0.2) is 20.1 Å². The molecule has 0 spiro atoms. The number of carbonyl (C=O) groups is 1. The molecule has 0 radical (unpaired) electrons. The molecule has 0 aliphatic heterocycles. The average Bonchev–Trinajstić information content (AvgIpc) is 2.39. The Hall–Kier alpha value is -2.14. The minimum Gasteiger partial charge on any atom is -0.549 e. The van der Waals surface area contributed by atoms with Gasteiger partial charge in [0.15, 0.2) is 9.84 Å². The third-order valence-electron chi connectivity index (χ3n) is 2.84. The van der Waals surface area contributed by atoms with E-state index in [-0.39, 0.29) is 4.90 Å². The molecule has 0 N–H and O–H groups in total. The van der Waals surface area contributed by atoms with Gasteiger partial charge in [0.05, 0.1) is 16.6 Å². The molecule has 0 unspecified atom stereocenters. The van der Waals surface area contributed by atoms with E-state index in [4.69, 9.17) is 0 Å². The Balaban J connectivity index is 2.16. The third kappa shape index (κ3) is 3.68.